The highest BCUT2D eigenvalue weighted by Gasteiger charge is 2.20. The maximum atomic E-state index is 5.78. The molecule has 0 bridgehead atoms. The van der Waals surface area contributed by atoms with Crippen LogP contribution in [-0.4, -0.2) is 43.0 Å². The number of nitrogens with zero attached hydrogens (tertiary/aromatic N) is 7. The van der Waals surface area contributed by atoms with Gasteiger partial charge in [-0.1, -0.05) is 5.21 Å². The summed E-state index contributed by atoms with van der Waals surface area (Å²) in [5, 5.41) is 7.84. The van der Waals surface area contributed by atoms with Gasteiger partial charge in [0.2, 0.25) is 11.9 Å². The van der Waals surface area contributed by atoms with Gasteiger partial charge < -0.3 is 10.6 Å². The molecule has 2 N–H and O–H groups in total. The van der Waals surface area contributed by atoms with Crippen LogP contribution >= 0.6 is 15.9 Å². The van der Waals surface area contributed by atoms with E-state index in [1.54, 1.807) is 11.7 Å². The highest BCUT2D eigenvalue weighted by molar-refractivity contribution is 9.10. The second-order valence-electron chi connectivity index (χ2n) is 4.36. The van der Waals surface area contributed by atoms with Crippen LogP contribution in [0.3, 0.4) is 0 Å². The molecule has 1 aliphatic rings. The molecule has 0 spiro atoms. The molecule has 0 radical (unpaired) electrons. The predicted octanol–water partition coefficient (Wildman–Crippen LogP) is 0.612. The standard InChI is InChI=1S/C10H13BrN8/c1-18-6(7(11)16-17-18)8-13-9(12)15-10(14-8)19-4-2-3-5-19/h2-5H2,1H3,(H2,12,13,14,15). The van der Waals surface area contributed by atoms with Crippen LogP contribution < -0.4 is 10.6 Å². The van der Waals surface area contributed by atoms with Crippen molar-refractivity contribution >= 4 is 27.8 Å². The lowest BCUT2D eigenvalue weighted by Crippen LogP contribution is -2.21. The Kier molecular flexibility index (Phi) is 3.05. The molecule has 8 nitrogen and oxygen atoms in total. The number of halogens is 1. The first-order valence-corrected chi connectivity index (χ1v) is 6.76. The fourth-order valence-corrected chi connectivity index (χ4v) is 2.62. The molecule has 9 heteroatoms. The lowest BCUT2D eigenvalue weighted by Gasteiger charge is -2.15. The number of nitrogen functional groups attached to an aromatic ring is 1. The van der Waals surface area contributed by atoms with Gasteiger partial charge in [0.15, 0.2) is 10.4 Å². The molecule has 2 aromatic heterocycles. The zero-order chi connectivity index (χ0) is 13.4. The van der Waals surface area contributed by atoms with E-state index >= 15 is 0 Å². The molecule has 1 saturated heterocycles. The zero-order valence-corrected chi connectivity index (χ0v) is 12.0. The molecule has 1 aliphatic heterocycles. The lowest BCUT2D eigenvalue weighted by atomic mass is 10.4. The summed E-state index contributed by atoms with van der Waals surface area (Å²) in [7, 11) is 1.78. The number of hydrogen-bond donors (Lipinski definition) is 1. The van der Waals surface area contributed by atoms with E-state index in [4.69, 9.17) is 5.73 Å². The molecular formula is C10H13BrN8. The summed E-state index contributed by atoms with van der Waals surface area (Å²) in [6.07, 6.45) is 2.30. The van der Waals surface area contributed by atoms with Gasteiger partial charge in [0, 0.05) is 20.1 Å². The van der Waals surface area contributed by atoms with Crippen LogP contribution in [0.1, 0.15) is 12.8 Å². The van der Waals surface area contributed by atoms with Crippen LogP contribution in [-0.2, 0) is 7.05 Å². The summed E-state index contributed by atoms with van der Waals surface area (Å²) in [6, 6.07) is 0. The number of rotatable bonds is 2. The predicted molar refractivity (Wildman–Crippen MR) is 73.4 cm³/mol. The van der Waals surface area contributed by atoms with Crippen LogP contribution in [0.15, 0.2) is 4.60 Å². The summed E-state index contributed by atoms with van der Waals surface area (Å²) in [4.78, 5) is 15.0. The maximum Gasteiger partial charge on any atom is 0.230 e. The van der Waals surface area contributed by atoms with Crippen molar-refractivity contribution in [1.29, 1.82) is 0 Å². The number of aryl methyl sites for hydroxylation is 1. The topological polar surface area (TPSA) is 98.6 Å². The number of hydrogen-bond acceptors (Lipinski definition) is 7. The Bertz CT molecular complexity index is 584. The number of anilines is 2. The average molecular weight is 325 g/mol. The molecule has 0 atom stereocenters. The minimum atomic E-state index is 0.208. The molecule has 0 saturated carbocycles. The molecule has 3 heterocycles. The molecule has 0 amide bonds. The first-order valence-electron chi connectivity index (χ1n) is 5.97. The van der Waals surface area contributed by atoms with E-state index in [0.717, 1.165) is 25.9 Å². The van der Waals surface area contributed by atoms with Crippen molar-refractivity contribution in [2.45, 2.75) is 12.8 Å². The molecular weight excluding hydrogens is 312 g/mol. The van der Waals surface area contributed by atoms with Gasteiger partial charge in [-0.3, -0.25) is 0 Å². The highest BCUT2D eigenvalue weighted by atomic mass is 79.9. The Balaban J connectivity index is 2.07. The second-order valence-corrected chi connectivity index (χ2v) is 5.11. The summed E-state index contributed by atoms with van der Waals surface area (Å²) in [5.41, 5.74) is 6.47. The largest absolute Gasteiger partial charge is 0.368 e. The average Bonchev–Trinajstić information content (AvgIpc) is 2.99. The van der Waals surface area contributed by atoms with Gasteiger partial charge in [-0.15, -0.1) is 5.10 Å². The summed E-state index contributed by atoms with van der Waals surface area (Å²) < 4.78 is 2.19. The van der Waals surface area contributed by atoms with Gasteiger partial charge in [-0.2, -0.15) is 15.0 Å². The smallest absolute Gasteiger partial charge is 0.230 e. The van der Waals surface area contributed by atoms with Crippen molar-refractivity contribution in [1.82, 2.24) is 29.9 Å². The van der Waals surface area contributed by atoms with E-state index in [2.05, 4.69) is 46.1 Å². The van der Waals surface area contributed by atoms with Crippen LogP contribution in [0.25, 0.3) is 11.5 Å². The molecule has 1 fully saturated rings. The van der Waals surface area contributed by atoms with Crippen molar-refractivity contribution in [2.24, 2.45) is 7.05 Å². The van der Waals surface area contributed by atoms with Gasteiger partial charge in [0.1, 0.15) is 5.69 Å². The van der Waals surface area contributed by atoms with Crippen LogP contribution in [0.5, 0.6) is 0 Å². The van der Waals surface area contributed by atoms with E-state index in [9.17, 15) is 0 Å². The third-order valence-electron chi connectivity index (χ3n) is 3.03. The molecule has 0 unspecified atom stereocenters. The molecule has 2 aromatic rings. The summed E-state index contributed by atoms with van der Waals surface area (Å²) in [5.74, 6) is 1.31. The van der Waals surface area contributed by atoms with Crippen molar-refractivity contribution in [3.05, 3.63) is 4.60 Å². The van der Waals surface area contributed by atoms with E-state index in [1.165, 1.54) is 0 Å². The zero-order valence-electron chi connectivity index (χ0n) is 10.4. The lowest BCUT2D eigenvalue weighted by molar-refractivity contribution is 0.716. The van der Waals surface area contributed by atoms with Gasteiger partial charge >= 0.3 is 0 Å². The Hall–Kier alpha value is -1.77. The molecule has 0 aliphatic carbocycles. The van der Waals surface area contributed by atoms with Crippen LogP contribution in [0.2, 0.25) is 0 Å². The normalized spacial score (nSPS) is 15.2. The van der Waals surface area contributed by atoms with Crippen molar-refractivity contribution < 1.29 is 0 Å². The first kappa shape index (κ1) is 12.3. The Morgan fingerprint density at radius 3 is 2.53 bits per heavy atom. The number of nitrogens with two attached hydrogens (primary N) is 1. The molecule has 3 rings (SSSR count). The fourth-order valence-electron chi connectivity index (χ4n) is 2.11. The van der Waals surface area contributed by atoms with Gasteiger partial charge in [0.05, 0.1) is 0 Å². The summed E-state index contributed by atoms with van der Waals surface area (Å²) >= 11 is 3.34. The van der Waals surface area contributed by atoms with Gasteiger partial charge in [-0.25, -0.2) is 4.68 Å². The first-order chi connectivity index (χ1) is 9.15. The van der Waals surface area contributed by atoms with Crippen molar-refractivity contribution in [2.75, 3.05) is 23.7 Å². The maximum absolute atomic E-state index is 5.78. The minimum Gasteiger partial charge on any atom is -0.368 e. The van der Waals surface area contributed by atoms with E-state index in [0.29, 0.717) is 22.1 Å². The number of aromatic nitrogens is 6. The van der Waals surface area contributed by atoms with Crippen LogP contribution in [0.4, 0.5) is 11.9 Å². The quantitative estimate of drug-likeness (QED) is 0.864. The molecule has 100 valence electrons. The van der Waals surface area contributed by atoms with Gasteiger partial charge in [0.25, 0.3) is 0 Å². The molecule has 0 aromatic carbocycles. The third-order valence-corrected chi connectivity index (χ3v) is 3.56. The van der Waals surface area contributed by atoms with Crippen molar-refractivity contribution in [3.63, 3.8) is 0 Å². The minimum absolute atomic E-state index is 0.208. The van der Waals surface area contributed by atoms with E-state index < -0.39 is 0 Å². The van der Waals surface area contributed by atoms with E-state index in [-0.39, 0.29) is 5.95 Å². The SMILES string of the molecule is Cn1nnc(Br)c1-c1nc(N)nc(N2CCCC2)n1. The monoisotopic (exact) mass is 324 g/mol. The second kappa shape index (κ2) is 4.72. The third kappa shape index (κ3) is 2.25. The Labute approximate surface area is 118 Å². The van der Waals surface area contributed by atoms with Gasteiger partial charge in [-0.05, 0) is 28.8 Å². The Morgan fingerprint density at radius 1 is 1.16 bits per heavy atom. The van der Waals surface area contributed by atoms with E-state index in [1.807, 2.05) is 0 Å². The van der Waals surface area contributed by atoms with Crippen LogP contribution in [0, 0.1) is 0 Å². The highest BCUT2D eigenvalue weighted by Crippen LogP contribution is 2.25. The summed E-state index contributed by atoms with van der Waals surface area (Å²) in [6.45, 7) is 1.90. The fraction of sp³-hybridized carbons (Fsp3) is 0.500. The molecule has 19 heavy (non-hydrogen) atoms. The van der Waals surface area contributed by atoms with Crippen molar-refractivity contribution in [3.8, 4) is 11.5 Å². The Morgan fingerprint density at radius 2 is 1.89 bits per heavy atom.